The van der Waals surface area contributed by atoms with Crippen LogP contribution in [0.3, 0.4) is 0 Å². The Labute approximate surface area is 147 Å². The molecule has 0 radical (unpaired) electrons. The molecule has 2 heterocycles. The molecule has 0 amide bonds. The molecule has 0 bridgehead atoms. The summed E-state index contributed by atoms with van der Waals surface area (Å²) in [7, 11) is 0. The van der Waals surface area contributed by atoms with E-state index in [0.717, 1.165) is 39.5 Å². The van der Waals surface area contributed by atoms with Gasteiger partial charge in [-0.15, -0.1) is 0 Å². The quantitative estimate of drug-likeness (QED) is 0.521. The van der Waals surface area contributed by atoms with Crippen molar-refractivity contribution in [2.75, 3.05) is 0 Å². The normalized spacial score (nSPS) is 10.6. The molecule has 0 aliphatic heterocycles. The van der Waals surface area contributed by atoms with Crippen LogP contribution in [0.2, 0.25) is 0 Å². The van der Waals surface area contributed by atoms with Crippen LogP contribution in [0.4, 0.5) is 0 Å². The van der Waals surface area contributed by atoms with Crippen molar-refractivity contribution < 1.29 is 0 Å². The number of nitrogens with zero attached hydrogens (tertiary/aromatic N) is 3. The Morgan fingerprint density at radius 3 is 1.80 bits per heavy atom. The first kappa shape index (κ1) is 15.2. The van der Waals surface area contributed by atoms with E-state index in [9.17, 15) is 0 Å². The number of hydrogen-bond donors (Lipinski definition) is 0. The van der Waals surface area contributed by atoms with Gasteiger partial charge in [0, 0.05) is 29.1 Å². The van der Waals surface area contributed by atoms with Crippen molar-refractivity contribution in [1.82, 2.24) is 15.0 Å². The van der Waals surface area contributed by atoms with Gasteiger partial charge >= 0.3 is 0 Å². The molecular weight excluding hydrogens is 306 g/mol. The molecule has 3 nitrogen and oxygen atoms in total. The summed E-state index contributed by atoms with van der Waals surface area (Å²) in [5.74, 6) is 0.751. The van der Waals surface area contributed by atoms with E-state index < -0.39 is 0 Å². The molecule has 120 valence electrons. The Morgan fingerprint density at radius 1 is 0.560 bits per heavy atom. The summed E-state index contributed by atoms with van der Waals surface area (Å²) in [6.07, 6.45) is 3.73. The van der Waals surface area contributed by atoms with Crippen LogP contribution in [0.15, 0.2) is 85.2 Å². The molecule has 0 spiro atoms. The third-order valence-corrected chi connectivity index (χ3v) is 4.05. The predicted molar refractivity (Wildman–Crippen MR) is 101 cm³/mol. The zero-order valence-corrected chi connectivity index (χ0v) is 13.9. The Morgan fingerprint density at radius 2 is 1.12 bits per heavy atom. The lowest BCUT2D eigenvalue weighted by molar-refractivity contribution is 1.06. The van der Waals surface area contributed by atoms with Gasteiger partial charge in [0.05, 0.1) is 11.4 Å². The molecule has 3 heteroatoms. The molecule has 0 fully saturated rings. The lowest BCUT2D eigenvalue weighted by Gasteiger charge is -2.08. The van der Waals surface area contributed by atoms with Gasteiger partial charge in [-0.2, -0.15) is 0 Å². The molecule has 2 aromatic heterocycles. The maximum atomic E-state index is 4.61. The van der Waals surface area contributed by atoms with E-state index in [4.69, 9.17) is 0 Å². The summed E-state index contributed by atoms with van der Waals surface area (Å²) in [6, 6.07) is 24.6. The number of pyridine rings is 1. The van der Waals surface area contributed by atoms with E-state index in [-0.39, 0.29) is 0 Å². The van der Waals surface area contributed by atoms with Gasteiger partial charge in [-0.1, -0.05) is 60.7 Å². The first-order valence-electron chi connectivity index (χ1n) is 8.21. The number of aromatic nitrogens is 3. The van der Waals surface area contributed by atoms with Crippen LogP contribution in [-0.2, 0) is 0 Å². The number of rotatable bonds is 3. The van der Waals surface area contributed by atoms with E-state index >= 15 is 0 Å². The van der Waals surface area contributed by atoms with E-state index in [1.54, 1.807) is 0 Å². The Balaban J connectivity index is 1.79. The van der Waals surface area contributed by atoms with Crippen molar-refractivity contribution in [3.8, 4) is 33.6 Å². The maximum absolute atomic E-state index is 4.61. The van der Waals surface area contributed by atoms with Gasteiger partial charge in [0.25, 0.3) is 0 Å². The van der Waals surface area contributed by atoms with Crippen LogP contribution in [0.25, 0.3) is 33.6 Å². The van der Waals surface area contributed by atoms with Gasteiger partial charge in [0.2, 0.25) is 0 Å². The molecule has 0 aliphatic rings. The van der Waals surface area contributed by atoms with Gasteiger partial charge in [-0.25, -0.2) is 9.97 Å². The van der Waals surface area contributed by atoms with Gasteiger partial charge in [0.1, 0.15) is 5.82 Å². The van der Waals surface area contributed by atoms with Crippen LogP contribution >= 0.6 is 0 Å². The minimum absolute atomic E-state index is 0.751. The zero-order chi connectivity index (χ0) is 17.1. The molecule has 0 N–H and O–H groups in total. The van der Waals surface area contributed by atoms with Crippen molar-refractivity contribution in [2.24, 2.45) is 0 Å². The van der Waals surface area contributed by atoms with Gasteiger partial charge in [-0.05, 0) is 24.6 Å². The van der Waals surface area contributed by atoms with E-state index in [1.165, 1.54) is 0 Å². The third-order valence-electron chi connectivity index (χ3n) is 4.05. The highest BCUT2D eigenvalue weighted by Gasteiger charge is 2.08. The fourth-order valence-corrected chi connectivity index (χ4v) is 2.84. The van der Waals surface area contributed by atoms with Crippen molar-refractivity contribution >= 4 is 0 Å². The smallest absolute Gasteiger partial charge is 0.126 e. The Bertz CT molecular complexity index is 996. The van der Waals surface area contributed by atoms with Crippen molar-refractivity contribution in [3.05, 3.63) is 91.0 Å². The topological polar surface area (TPSA) is 38.7 Å². The average Bonchev–Trinajstić information content (AvgIpc) is 2.69. The molecule has 4 aromatic rings. The summed E-state index contributed by atoms with van der Waals surface area (Å²) in [6.45, 7) is 1.92. The first-order chi connectivity index (χ1) is 12.3. The van der Waals surface area contributed by atoms with Gasteiger partial charge < -0.3 is 0 Å². The van der Waals surface area contributed by atoms with Crippen molar-refractivity contribution in [2.45, 2.75) is 6.92 Å². The monoisotopic (exact) mass is 323 g/mol. The second-order valence-electron chi connectivity index (χ2n) is 5.88. The van der Waals surface area contributed by atoms with Crippen LogP contribution in [0, 0.1) is 6.92 Å². The highest BCUT2D eigenvalue weighted by molar-refractivity contribution is 5.72. The molecule has 25 heavy (non-hydrogen) atoms. The minimum Gasteiger partial charge on any atom is -0.263 e. The average molecular weight is 323 g/mol. The molecule has 4 rings (SSSR count). The van der Waals surface area contributed by atoms with Crippen molar-refractivity contribution in [3.63, 3.8) is 0 Å². The second kappa shape index (κ2) is 6.65. The van der Waals surface area contributed by atoms with Crippen molar-refractivity contribution in [1.29, 1.82) is 0 Å². The minimum atomic E-state index is 0.751. The number of benzene rings is 2. The zero-order valence-electron chi connectivity index (χ0n) is 13.9. The van der Waals surface area contributed by atoms with Crippen LogP contribution in [0.1, 0.15) is 5.82 Å². The molecule has 2 aromatic carbocycles. The standard InChI is InChI=1S/C22H17N3/c1-16-24-21(18-10-6-3-7-11-18)13-22(25-16)20-12-19(14-23-15-20)17-8-4-2-5-9-17/h2-15H,1H3. The van der Waals surface area contributed by atoms with Gasteiger partial charge in [0.15, 0.2) is 0 Å². The van der Waals surface area contributed by atoms with Crippen LogP contribution < -0.4 is 0 Å². The third kappa shape index (κ3) is 3.31. The van der Waals surface area contributed by atoms with Gasteiger partial charge in [-0.3, -0.25) is 4.98 Å². The fraction of sp³-hybridized carbons (Fsp3) is 0.0455. The van der Waals surface area contributed by atoms with E-state index in [0.29, 0.717) is 0 Å². The number of hydrogen-bond acceptors (Lipinski definition) is 3. The highest BCUT2D eigenvalue weighted by atomic mass is 14.9. The summed E-state index contributed by atoms with van der Waals surface area (Å²) in [5, 5.41) is 0. The summed E-state index contributed by atoms with van der Waals surface area (Å²) < 4.78 is 0. The van der Waals surface area contributed by atoms with Crippen LogP contribution in [-0.4, -0.2) is 15.0 Å². The SMILES string of the molecule is Cc1nc(-c2ccccc2)cc(-c2cncc(-c3ccccc3)c2)n1. The molecule has 0 aliphatic carbocycles. The van der Waals surface area contributed by atoms with Crippen LogP contribution in [0.5, 0.6) is 0 Å². The Hall–Kier alpha value is -3.33. The largest absolute Gasteiger partial charge is 0.263 e. The maximum Gasteiger partial charge on any atom is 0.126 e. The molecule has 0 atom stereocenters. The second-order valence-corrected chi connectivity index (χ2v) is 5.88. The molecular formula is C22H17N3. The number of aryl methyl sites for hydroxylation is 1. The lowest BCUT2D eigenvalue weighted by Crippen LogP contribution is -1.95. The predicted octanol–water partition coefficient (Wildman–Crippen LogP) is 5.18. The summed E-state index contributed by atoms with van der Waals surface area (Å²) in [4.78, 5) is 13.6. The first-order valence-corrected chi connectivity index (χ1v) is 8.21. The molecule has 0 saturated carbocycles. The molecule has 0 saturated heterocycles. The van der Waals surface area contributed by atoms with E-state index in [2.05, 4.69) is 45.3 Å². The highest BCUT2D eigenvalue weighted by Crippen LogP contribution is 2.26. The Kier molecular flexibility index (Phi) is 4.05. The summed E-state index contributed by atoms with van der Waals surface area (Å²) in [5.41, 5.74) is 6.11. The van der Waals surface area contributed by atoms with E-state index in [1.807, 2.05) is 61.8 Å². The fourth-order valence-electron chi connectivity index (χ4n) is 2.84. The molecule has 0 unspecified atom stereocenters. The lowest BCUT2D eigenvalue weighted by atomic mass is 10.0. The summed E-state index contributed by atoms with van der Waals surface area (Å²) >= 11 is 0.